The molecule has 4 heteroatoms. The predicted molar refractivity (Wildman–Crippen MR) is 80.1 cm³/mol. The second-order valence-electron chi connectivity index (χ2n) is 5.46. The lowest BCUT2D eigenvalue weighted by molar-refractivity contribution is 0.413. The van der Waals surface area contributed by atoms with E-state index < -0.39 is 0 Å². The molecular weight excluding hydrogens is 259 g/mol. The Bertz CT molecular complexity index is 483. The summed E-state index contributed by atoms with van der Waals surface area (Å²) in [5, 5.41) is 4.22. The smallest absolute Gasteiger partial charge is 0.173 e. The highest BCUT2D eigenvalue weighted by molar-refractivity contribution is 7.80. The molecule has 0 radical (unpaired) electrons. The van der Waals surface area contributed by atoms with Crippen LogP contribution in [0.1, 0.15) is 37.7 Å². The van der Waals surface area contributed by atoms with Gasteiger partial charge >= 0.3 is 0 Å². The molecule has 1 aliphatic carbocycles. The number of hydrogen-bond acceptors (Lipinski definition) is 1. The number of fused-ring (bicyclic) bond motifs is 1. The van der Waals surface area contributed by atoms with Crippen LogP contribution in [0.15, 0.2) is 18.2 Å². The van der Waals surface area contributed by atoms with E-state index in [2.05, 4.69) is 5.32 Å². The highest BCUT2D eigenvalue weighted by Crippen LogP contribution is 2.29. The number of nitrogens with one attached hydrogen (secondary N) is 1. The van der Waals surface area contributed by atoms with Gasteiger partial charge in [0.05, 0.1) is 0 Å². The molecule has 1 aromatic carbocycles. The van der Waals surface area contributed by atoms with Gasteiger partial charge in [-0.15, -0.1) is 0 Å². The van der Waals surface area contributed by atoms with Crippen LogP contribution >= 0.6 is 12.2 Å². The lowest BCUT2D eigenvalue weighted by atomic mass is 9.96. The van der Waals surface area contributed by atoms with Gasteiger partial charge in [0.25, 0.3) is 0 Å². The van der Waals surface area contributed by atoms with E-state index in [0.29, 0.717) is 6.04 Å². The Morgan fingerprint density at radius 3 is 2.84 bits per heavy atom. The van der Waals surface area contributed by atoms with Crippen molar-refractivity contribution in [2.45, 2.75) is 44.6 Å². The molecule has 0 spiro atoms. The zero-order valence-corrected chi connectivity index (χ0v) is 11.8. The molecule has 1 aromatic rings. The normalized spacial score (nSPS) is 19.3. The first kappa shape index (κ1) is 12.9. The fourth-order valence-electron chi connectivity index (χ4n) is 3.06. The first-order valence-electron chi connectivity index (χ1n) is 7.10. The van der Waals surface area contributed by atoms with Crippen molar-refractivity contribution in [2.75, 3.05) is 11.4 Å². The monoisotopic (exact) mass is 278 g/mol. The molecule has 1 saturated carbocycles. The maximum Gasteiger partial charge on any atom is 0.173 e. The van der Waals surface area contributed by atoms with Gasteiger partial charge < -0.3 is 10.2 Å². The molecule has 102 valence electrons. The van der Waals surface area contributed by atoms with Crippen molar-refractivity contribution in [3.8, 4) is 0 Å². The summed E-state index contributed by atoms with van der Waals surface area (Å²) in [4.78, 5) is 2.04. The van der Waals surface area contributed by atoms with Gasteiger partial charge in [-0.25, -0.2) is 4.39 Å². The minimum Gasteiger partial charge on any atom is -0.360 e. The standard InChI is InChI=1S/C15H19FN2S/c16-12-7-6-11-8-9-18(14(11)10-12)15(19)17-13-4-2-1-3-5-13/h6-7,10,13H,1-5,8-9H2,(H,17,19). The summed E-state index contributed by atoms with van der Waals surface area (Å²) in [5.41, 5.74) is 2.13. The molecule has 0 aromatic heterocycles. The Balaban J connectivity index is 1.70. The van der Waals surface area contributed by atoms with Crippen molar-refractivity contribution in [3.63, 3.8) is 0 Å². The number of rotatable bonds is 1. The lowest BCUT2D eigenvalue weighted by Crippen LogP contribution is -2.44. The number of halogens is 1. The van der Waals surface area contributed by atoms with Gasteiger partial charge in [0, 0.05) is 18.3 Å². The van der Waals surface area contributed by atoms with Crippen molar-refractivity contribution >= 4 is 23.0 Å². The fourth-order valence-corrected chi connectivity index (χ4v) is 3.42. The number of thiocarbonyl (C=S) groups is 1. The summed E-state index contributed by atoms with van der Waals surface area (Å²) in [6.07, 6.45) is 7.25. The van der Waals surface area contributed by atoms with E-state index in [4.69, 9.17) is 12.2 Å². The zero-order valence-electron chi connectivity index (χ0n) is 11.0. The predicted octanol–water partition coefficient (Wildman–Crippen LogP) is 3.40. The van der Waals surface area contributed by atoms with E-state index in [1.807, 2.05) is 11.0 Å². The summed E-state index contributed by atoms with van der Waals surface area (Å²) in [6, 6.07) is 5.49. The minimum atomic E-state index is -0.189. The van der Waals surface area contributed by atoms with E-state index in [9.17, 15) is 4.39 Å². The van der Waals surface area contributed by atoms with E-state index in [1.54, 1.807) is 6.07 Å². The summed E-state index contributed by atoms with van der Waals surface area (Å²) < 4.78 is 13.4. The molecule has 2 aliphatic rings. The number of hydrogen-bond donors (Lipinski definition) is 1. The number of benzene rings is 1. The van der Waals surface area contributed by atoms with Gasteiger partial charge in [0.2, 0.25) is 0 Å². The molecule has 19 heavy (non-hydrogen) atoms. The number of nitrogens with zero attached hydrogens (tertiary/aromatic N) is 1. The summed E-state index contributed by atoms with van der Waals surface area (Å²) in [5.74, 6) is -0.189. The van der Waals surface area contributed by atoms with Crippen LogP contribution in [0.25, 0.3) is 0 Å². The summed E-state index contributed by atoms with van der Waals surface area (Å²) in [6.45, 7) is 0.858. The average Bonchev–Trinajstić information content (AvgIpc) is 2.82. The van der Waals surface area contributed by atoms with Gasteiger partial charge in [-0.3, -0.25) is 0 Å². The topological polar surface area (TPSA) is 15.3 Å². The van der Waals surface area contributed by atoms with E-state index in [-0.39, 0.29) is 5.82 Å². The Labute approximate surface area is 119 Å². The Hall–Kier alpha value is -1.16. The van der Waals surface area contributed by atoms with Crippen LogP contribution in [0, 0.1) is 5.82 Å². The Morgan fingerprint density at radius 2 is 2.05 bits per heavy atom. The van der Waals surface area contributed by atoms with Crippen LogP contribution < -0.4 is 10.2 Å². The largest absolute Gasteiger partial charge is 0.360 e. The van der Waals surface area contributed by atoms with Gasteiger partial charge in [0.15, 0.2) is 5.11 Å². The molecule has 0 amide bonds. The molecule has 0 saturated heterocycles. The average molecular weight is 278 g/mol. The van der Waals surface area contributed by atoms with Crippen LogP contribution in [0.4, 0.5) is 10.1 Å². The van der Waals surface area contributed by atoms with Crippen LogP contribution in [-0.2, 0) is 6.42 Å². The van der Waals surface area contributed by atoms with Gasteiger partial charge in [-0.05, 0) is 49.2 Å². The molecule has 0 unspecified atom stereocenters. The molecular formula is C15H19FN2S. The van der Waals surface area contributed by atoms with Crippen molar-refractivity contribution in [1.29, 1.82) is 0 Å². The molecule has 1 N–H and O–H groups in total. The highest BCUT2D eigenvalue weighted by Gasteiger charge is 2.24. The molecule has 0 bridgehead atoms. The minimum absolute atomic E-state index is 0.189. The molecule has 1 fully saturated rings. The Morgan fingerprint density at radius 1 is 1.26 bits per heavy atom. The van der Waals surface area contributed by atoms with Crippen LogP contribution in [0.2, 0.25) is 0 Å². The lowest BCUT2D eigenvalue weighted by Gasteiger charge is -2.28. The second kappa shape index (κ2) is 5.45. The van der Waals surface area contributed by atoms with Crippen molar-refractivity contribution in [3.05, 3.63) is 29.6 Å². The molecule has 3 rings (SSSR count). The molecule has 1 heterocycles. The maximum atomic E-state index is 13.4. The molecule has 2 nitrogen and oxygen atoms in total. The van der Waals surface area contributed by atoms with Gasteiger partial charge in [0.1, 0.15) is 5.82 Å². The SMILES string of the molecule is Fc1ccc2c(c1)N(C(=S)NC1CCCCC1)CC2. The van der Waals surface area contributed by atoms with Crippen LogP contribution in [0.3, 0.4) is 0 Å². The molecule has 1 aliphatic heterocycles. The maximum absolute atomic E-state index is 13.4. The molecule has 0 atom stereocenters. The summed E-state index contributed by atoms with van der Waals surface area (Å²) in [7, 11) is 0. The first-order valence-corrected chi connectivity index (χ1v) is 7.51. The third-order valence-corrected chi connectivity index (χ3v) is 4.46. The third kappa shape index (κ3) is 2.73. The zero-order chi connectivity index (χ0) is 13.2. The highest BCUT2D eigenvalue weighted by atomic mass is 32.1. The van der Waals surface area contributed by atoms with Crippen LogP contribution in [0.5, 0.6) is 0 Å². The Kier molecular flexibility index (Phi) is 3.69. The van der Waals surface area contributed by atoms with Gasteiger partial charge in [-0.1, -0.05) is 25.3 Å². The fraction of sp³-hybridized carbons (Fsp3) is 0.533. The van der Waals surface area contributed by atoms with Gasteiger partial charge in [-0.2, -0.15) is 0 Å². The quantitative estimate of drug-likeness (QED) is 0.793. The second-order valence-corrected chi connectivity index (χ2v) is 5.85. The van der Waals surface area contributed by atoms with Crippen LogP contribution in [-0.4, -0.2) is 17.7 Å². The first-order chi connectivity index (χ1) is 9.24. The van der Waals surface area contributed by atoms with Crippen molar-refractivity contribution in [2.24, 2.45) is 0 Å². The number of anilines is 1. The van der Waals surface area contributed by atoms with Crippen molar-refractivity contribution < 1.29 is 4.39 Å². The van der Waals surface area contributed by atoms with Crippen molar-refractivity contribution in [1.82, 2.24) is 5.32 Å². The van der Waals surface area contributed by atoms with E-state index in [1.165, 1.54) is 43.7 Å². The summed E-state index contributed by atoms with van der Waals surface area (Å²) >= 11 is 5.51. The third-order valence-electron chi connectivity index (χ3n) is 4.12. The van der Waals surface area contributed by atoms with E-state index >= 15 is 0 Å². The van der Waals surface area contributed by atoms with E-state index in [0.717, 1.165) is 23.8 Å².